The van der Waals surface area contributed by atoms with Crippen LogP contribution >= 0.6 is 23.2 Å². The molecule has 1 amide bonds. The molecule has 1 aliphatic rings. The van der Waals surface area contributed by atoms with Gasteiger partial charge in [-0.1, -0.05) is 29.3 Å². The van der Waals surface area contributed by atoms with E-state index < -0.39 is 0 Å². The highest BCUT2D eigenvalue weighted by Crippen LogP contribution is 2.22. The van der Waals surface area contributed by atoms with Crippen molar-refractivity contribution in [3.8, 4) is 0 Å². The van der Waals surface area contributed by atoms with Gasteiger partial charge in [-0.25, -0.2) is 0 Å². The Morgan fingerprint density at radius 2 is 2.12 bits per heavy atom. The van der Waals surface area contributed by atoms with E-state index in [1.54, 1.807) is 42.6 Å². The zero-order valence-corrected chi connectivity index (χ0v) is 14.7. The lowest BCUT2D eigenvalue weighted by atomic mass is 10.1. The van der Waals surface area contributed by atoms with Crippen molar-refractivity contribution in [2.45, 2.75) is 6.42 Å². The second-order valence-corrected chi connectivity index (χ2v) is 6.06. The molecule has 0 radical (unpaired) electrons. The van der Waals surface area contributed by atoms with E-state index in [0.29, 0.717) is 40.8 Å². The molecule has 24 heavy (non-hydrogen) atoms. The summed E-state index contributed by atoms with van der Waals surface area (Å²) in [6, 6.07) is 4.76. The van der Waals surface area contributed by atoms with Gasteiger partial charge in [0.15, 0.2) is 5.78 Å². The van der Waals surface area contributed by atoms with Gasteiger partial charge in [0, 0.05) is 42.2 Å². The Morgan fingerprint density at radius 1 is 1.33 bits per heavy atom. The molecule has 128 valence electrons. The summed E-state index contributed by atoms with van der Waals surface area (Å²) in [5.74, 6) is -0.348. The molecule has 0 aliphatic carbocycles. The van der Waals surface area contributed by atoms with Gasteiger partial charge in [0.05, 0.1) is 18.2 Å². The third-order valence-corrected chi connectivity index (χ3v) is 3.96. The Labute approximate surface area is 150 Å². The molecular formula is C17H18Cl2N2O3. The molecule has 5 nitrogen and oxygen atoms in total. The van der Waals surface area contributed by atoms with Crippen LogP contribution in [0.2, 0.25) is 10.0 Å². The number of ether oxygens (including phenoxy) is 1. The van der Waals surface area contributed by atoms with E-state index >= 15 is 0 Å². The zero-order chi connectivity index (χ0) is 17.5. The van der Waals surface area contributed by atoms with Crippen LogP contribution < -0.4 is 5.32 Å². The lowest BCUT2D eigenvalue weighted by Gasteiger charge is -2.21. The number of nitrogens with one attached hydrogen (secondary N) is 1. The van der Waals surface area contributed by atoms with E-state index in [-0.39, 0.29) is 18.2 Å². The maximum absolute atomic E-state index is 12.4. The van der Waals surface area contributed by atoms with Crippen LogP contribution in [0.1, 0.15) is 16.8 Å². The quantitative estimate of drug-likeness (QED) is 0.593. The minimum Gasteiger partial charge on any atom is -0.383 e. The maximum Gasteiger partial charge on any atom is 0.249 e. The third-order valence-electron chi connectivity index (χ3n) is 3.39. The van der Waals surface area contributed by atoms with Crippen LogP contribution in [0.3, 0.4) is 0 Å². The maximum atomic E-state index is 12.4. The average molecular weight is 369 g/mol. The normalized spacial score (nSPS) is 13.6. The number of halogens is 2. The van der Waals surface area contributed by atoms with Crippen molar-refractivity contribution in [2.75, 3.05) is 26.8 Å². The van der Waals surface area contributed by atoms with E-state index in [9.17, 15) is 9.59 Å². The number of hydrogen-bond donors (Lipinski definition) is 1. The third kappa shape index (κ3) is 5.09. The lowest BCUT2D eigenvalue weighted by Crippen LogP contribution is -2.31. The van der Waals surface area contributed by atoms with Crippen molar-refractivity contribution >= 4 is 34.9 Å². The second kappa shape index (κ2) is 8.87. The van der Waals surface area contributed by atoms with E-state index in [0.717, 1.165) is 0 Å². The molecule has 0 saturated heterocycles. The van der Waals surface area contributed by atoms with Gasteiger partial charge in [-0.15, -0.1) is 0 Å². The highest BCUT2D eigenvalue weighted by molar-refractivity contribution is 6.36. The molecule has 1 N–H and O–H groups in total. The number of carbonyl (C=O) groups is 2. The van der Waals surface area contributed by atoms with Gasteiger partial charge in [-0.3, -0.25) is 9.59 Å². The molecule has 0 unspecified atom stereocenters. The van der Waals surface area contributed by atoms with Crippen molar-refractivity contribution in [3.05, 3.63) is 57.9 Å². The van der Waals surface area contributed by atoms with Gasteiger partial charge < -0.3 is 15.0 Å². The summed E-state index contributed by atoms with van der Waals surface area (Å²) >= 11 is 12.0. The fraction of sp³-hybridized carbons (Fsp3) is 0.294. The van der Waals surface area contributed by atoms with Gasteiger partial charge in [0.1, 0.15) is 0 Å². The average Bonchev–Trinajstić information content (AvgIpc) is 2.57. The summed E-state index contributed by atoms with van der Waals surface area (Å²) in [4.78, 5) is 26.1. The van der Waals surface area contributed by atoms with Gasteiger partial charge in [-0.05, 0) is 24.6 Å². The number of Topliss-reactive ketones (excluding diaryl/α,β-unsaturated/α-hetero) is 1. The lowest BCUT2D eigenvalue weighted by molar-refractivity contribution is -0.117. The minimum absolute atomic E-state index is 0.0748. The Balaban J connectivity index is 2.02. The van der Waals surface area contributed by atoms with Gasteiger partial charge >= 0.3 is 0 Å². The van der Waals surface area contributed by atoms with E-state index in [1.165, 1.54) is 0 Å². The Bertz CT molecular complexity index is 686. The van der Waals surface area contributed by atoms with Crippen molar-refractivity contribution in [2.24, 2.45) is 0 Å². The molecule has 1 heterocycles. The molecule has 2 rings (SSSR count). The first-order valence-corrected chi connectivity index (χ1v) is 8.15. The molecule has 1 aliphatic heterocycles. The number of benzene rings is 1. The van der Waals surface area contributed by atoms with Crippen LogP contribution in [-0.2, 0) is 9.53 Å². The van der Waals surface area contributed by atoms with Crippen LogP contribution in [0.15, 0.2) is 42.2 Å². The molecule has 0 atom stereocenters. The van der Waals surface area contributed by atoms with Crippen LogP contribution in [0.25, 0.3) is 0 Å². The zero-order valence-electron chi connectivity index (χ0n) is 13.2. The first kappa shape index (κ1) is 18.5. The number of allylic oxidation sites excluding steroid dienone is 1. The second-order valence-electron chi connectivity index (χ2n) is 5.21. The molecular weight excluding hydrogens is 351 g/mol. The number of carbonyl (C=O) groups excluding carboxylic acids is 2. The van der Waals surface area contributed by atoms with E-state index in [2.05, 4.69) is 5.32 Å². The van der Waals surface area contributed by atoms with Crippen molar-refractivity contribution < 1.29 is 14.3 Å². The SMILES string of the molecule is COCCNC(=O)C1=CN(CC(=O)c2cc(Cl)ccc2Cl)C=CC1. The largest absolute Gasteiger partial charge is 0.383 e. The smallest absolute Gasteiger partial charge is 0.249 e. The Hall–Kier alpha value is -1.82. The van der Waals surface area contributed by atoms with Gasteiger partial charge in [0.25, 0.3) is 0 Å². The molecule has 0 spiro atoms. The van der Waals surface area contributed by atoms with Crippen molar-refractivity contribution in [1.82, 2.24) is 10.2 Å². The highest BCUT2D eigenvalue weighted by atomic mass is 35.5. The van der Waals surface area contributed by atoms with Gasteiger partial charge in [-0.2, -0.15) is 0 Å². The molecule has 1 aromatic rings. The van der Waals surface area contributed by atoms with E-state index in [4.69, 9.17) is 27.9 Å². The summed E-state index contributed by atoms with van der Waals surface area (Å²) < 4.78 is 4.90. The highest BCUT2D eigenvalue weighted by Gasteiger charge is 2.17. The van der Waals surface area contributed by atoms with Crippen LogP contribution in [0, 0.1) is 0 Å². The number of rotatable bonds is 7. The number of amides is 1. The predicted molar refractivity (Wildman–Crippen MR) is 94.2 cm³/mol. The predicted octanol–water partition coefficient (Wildman–Crippen LogP) is 3.04. The fourth-order valence-electron chi connectivity index (χ4n) is 2.20. The summed E-state index contributed by atoms with van der Waals surface area (Å²) in [5.41, 5.74) is 0.946. The number of hydrogen-bond acceptors (Lipinski definition) is 4. The Morgan fingerprint density at radius 3 is 2.88 bits per heavy atom. The monoisotopic (exact) mass is 368 g/mol. The number of methoxy groups -OCH3 is 1. The van der Waals surface area contributed by atoms with Crippen molar-refractivity contribution in [3.63, 3.8) is 0 Å². The first-order valence-electron chi connectivity index (χ1n) is 7.39. The molecule has 0 aromatic heterocycles. The molecule has 0 bridgehead atoms. The van der Waals surface area contributed by atoms with E-state index in [1.807, 2.05) is 6.08 Å². The first-order chi connectivity index (χ1) is 11.5. The fourth-order valence-corrected chi connectivity index (χ4v) is 2.60. The number of ketones is 1. The van der Waals surface area contributed by atoms with Crippen LogP contribution in [0.5, 0.6) is 0 Å². The summed E-state index contributed by atoms with van der Waals surface area (Å²) in [5, 5.41) is 3.56. The Kier molecular flexibility index (Phi) is 6.85. The summed E-state index contributed by atoms with van der Waals surface area (Å²) in [6.45, 7) is 0.961. The standard InChI is InChI=1S/C17H18Cl2N2O3/c1-24-8-6-20-17(23)12-3-2-7-21(10-12)11-16(22)14-9-13(18)4-5-15(14)19/h2,4-5,7,9-10H,3,6,8,11H2,1H3,(H,20,23). The molecule has 0 saturated carbocycles. The molecule has 1 aromatic carbocycles. The summed E-state index contributed by atoms with van der Waals surface area (Å²) in [6.07, 6.45) is 5.78. The molecule has 7 heteroatoms. The van der Waals surface area contributed by atoms with Crippen molar-refractivity contribution in [1.29, 1.82) is 0 Å². The molecule has 0 fully saturated rings. The van der Waals surface area contributed by atoms with Crippen LogP contribution in [0.4, 0.5) is 0 Å². The number of nitrogens with zero attached hydrogens (tertiary/aromatic N) is 1. The summed E-state index contributed by atoms with van der Waals surface area (Å²) in [7, 11) is 1.57. The van der Waals surface area contributed by atoms with Gasteiger partial charge in [0.2, 0.25) is 5.91 Å². The van der Waals surface area contributed by atoms with Crippen LogP contribution in [-0.4, -0.2) is 43.4 Å². The topological polar surface area (TPSA) is 58.6 Å². The minimum atomic E-state index is -0.176.